The van der Waals surface area contributed by atoms with Crippen molar-refractivity contribution in [2.45, 2.75) is 74.0 Å². The van der Waals surface area contributed by atoms with Gasteiger partial charge in [-0.15, -0.1) is 11.8 Å². The van der Waals surface area contributed by atoms with E-state index in [2.05, 4.69) is 17.6 Å². The molecule has 3 aliphatic rings. The molecule has 0 aromatic heterocycles. The third kappa shape index (κ3) is 4.44. The Labute approximate surface area is 176 Å². The van der Waals surface area contributed by atoms with Gasteiger partial charge in [-0.05, 0) is 68.7 Å². The van der Waals surface area contributed by atoms with Crippen molar-refractivity contribution in [2.24, 2.45) is 5.92 Å². The van der Waals surface area contributed by atoms with E-state index >= 15 is 0 Å². The van der Waals surface area contributed by atoms with Crippen molar-refractivity contribution in [1.29, 1.82) is 0 Å². The Balaban J connectivity index is 1.32. The third-order valence-corrected chi connectivity index (χ3v) is 7.77. The molecule has 1 heterocycles. The average Bonchev–Trinajstić information content (AvgIpc) is 3.29. The van der Waals surface area contributed by atoms with E-state index < -0.39 is 11.6 Å². The second kappa shape index (κ2) is 8.38. The number of hydrogen-bond acceptors (Lipinski definition) is 4. The number of amides is 4. The highest BCUT2D eigenvalue weighted by atomic mass is 32.2. The molecule has 1 saturated heterocycles. The van der Waals surface area contributed by atoms with E-state index in [4.69, 9.17) is 0 Å². The Hall–Kier alpha value is -2.02. The van der Waals surface area contributed by atoms with Gasteiger partial charge in [0.2, 0.25) is 5.91 Å². The standard InChI is InChI=1S/C22H29N3O3S/c1-15-10-12-22(13-11-15)20(27)25(21(28)24-22)14-19(26)23-16-6-8-18(9-7-16)29-17-4-2-3-5-17/h6-9,15,17H,2-5,10-14H2,1H3,(H,23,26)(H,24,28). The van der Waals surface area contributed by atoms with Gasteiger partial charge >= 0.3 is 6.03 Å². The van der Waals surface area contributed by atoms with Crippen molar-refractivity contribution >= 4 is 35.3 Å². The fourth-order valence-electron chi connectivity index (χ4n) is 4.57. The second-order valence-electron chi connectivity index (χ2n) is 8.68. The summed E-state index contributed by atoms with van der Waals surface area (Å²) in [4.78, 5) is 39.9. The molecule has 2 N–H and O–H groups in total. The summed E-state index contributed by atoms with van der Waals surface area (Å²) in [6.45, 7) is 1.91. The normalized spacial score (nSPS) is 27.5. The summed E-state index contributed by atoms with van der Waals surface area (Å²) in [6.07, 6.45) is 8.30. The number of nitrogens with zero attached hydrogens (tertiary/aromatic N) is 1. The lowest BCUT2D eigenvalue weighted by Gasteiger charge is -2.33. The highest BCUT2D eigenvalue weighted by molar-refractivity contribution is 8.00. The van der Waals surface area contributed by atoms with Crippen molar-refractivity contribution in [3.63, 3.8) is 0 Å². The number of anilines is 1. The number of thioether (sulfide) groups is 1. The summed E-state index contributed by atoms with van der Waals surface area (Å²) in [6, 6.07) is 7.34. The van der Waals surface area contributed by atoms with Crippen LogP contribution in [0.5, 0.6) is 0 Å². The van der Waals surface area contributed by atoms with Crippen LogP contribution in [0.4, 0.5) is 10.5 Å². The lowest BCUT2D eigenvalue weighted by atomic mass is 9.77. The first-order valence-corrected chi connectivity index (χ1v) is 11.5. The van der Waals surface area contributed by atoms with E-state index in [1.165, 1.54) is 30.6 Å². The molecule has 7 heteroatoms. The molecule has 0 unspecified atom stereocenters. The topological polar surface area (TPSA) is 78.5 Å². The zero-order valence-electron chi connectivity index (χ0n) is 16.9. The predicted molar refractivity (Wildman–Crippen MR) is 114 cm³/mol. The lowest BCUT2D eigenvalue weighted by Crippen LogP contribution is -2.49. The molecular weight excluding hydrogens is 386 g/mol. The predicted octanol–water partition coefficient (Wildman–Crippen LogP) is 4.16. The Morgan fingerprint density at radius 3 is 2.45 bits per heavy atom. The van der Waals surface area contributed by atoms with Gasteiger partial charge in [0.25, 0.3) is 5.91 Å². The number of rotatable bonds is 5. The molecule has 1 aliphatic heterocycles. The molecule has 1 aromatic carbocycles. The van der Waals surface area contributed by atoms with E-state index in [0.717, 1.165) is 17.7 Å². The summed E-state index contributed by atoms with van der Waals surface area (Å²) in [5.41, 5.74) is -0.123. The van der Waals surface area contributed by atoms with E-state index in [9.17, 15) is 14.4 Å². The van der Waals surface area contributed by atoms with Crippen LogP contribution in [0.25, 0.3) is 0 Å². The summed E-state index contributed by atoms with van der Waals surface area (Å²) in [5.74, 6) is -0.0451. The summed E-state index contributed by atoms with van der Waals surface area (Å²) in [7, 11) is 0. The van der Waals surface area contributed by atoms with Crippen molar-refractivity contribution in [3.8, 4) is 0 Å². The summed E-state index contributed by atoms with van der Waals surface area (Å²) >= 11 is 1.90. The Morgan fingerprint density at radius 2 is 1.79 bits per heavy atom. The van der Waals surface area contributed by atoms with Crippen molar-refractivity contribution in [1.82, 2.24) is 10.2 Å². The van der Waals surface area contributed by atoms with Crippen LogP contribution in [0.2, 0.25) is 0 Å². The zero-order valence-corrected chi connectivity index (χ0v) is 17.7. The van der Waals surface area contributed by atoms with Crippen LogP contribution in [0.15, 0.2) is 29.2 Å². The van der Waals surface area contributed by atoms with E-state index in [1.54, 1.807) is 0 Å². The van der Waals surface area contributed by atoms with Gasteiger partial charge in [0.05, 0.1) is 0 Å². The number of benzene rings is 1. The Bertz CT molecular complexity index is 781. The van der Waals surface area contributed by atoms with Gasteiger partial charge in [-0.25, -0.2) is 4.79 Å². The molecule has 1 spiro atoms. The maximum Gasteiger partial charge on any atom is 0.325 e. The fraction of sp³-hybridized carbons (Fsp3) is 0.591. The van der Waals surface area contributed by atoms with Crippen molar-refractivity contribution in [2.75, 3.05) is 11.9 Å². The molecule has 6 nitrogen and oxygen atoms in total. The Morgan fingerprint density at radius 1 is 1.14 bits per heavy atom. The first-order chi connectivity index (χ1) is 13.9. The van der Waals surface area contributed by atoms with Gasteiger partial charge in [-0.2, -0.15) is 0 Å². The second-order valence-corrected chi connectivity index (χ2v) is 10.1. The third-order valence-electron chi connectivity index (χ3n) is 6.42. The molecule has 0 atom stereocenters. The molecule has 1 aromatic rings. The van der Waals surface area contributed by atoms with Crippen molar-refractivity contribution < 1.29 is 14.4 Å². The molecule has 156 valence electrons. The van der Waals surface area contributed by atoms with E-state index in [-0.39, 0.29) is 18.4 Å². The van der Waals surface area contributed by atoms with Crippen LogP contribution in [-0.2, 0) is 9.59 Å². The van der Waals surface area contributed by atoms with E-state index in [1.807, 2.05) is 36.0 Å². The molecule has 0 radical (unpaired) electrons. The molecule has 3 fully saturated rings. The number of carbonyl (C=O) groups is 3. The first kappa shape index (κ1) is 20.3. The molecule has 29 heavy (non-hydrogen) atoms. The maximum atomic E-state index is 12.9. The number of urea groups is 1. The number of carbonyl (C=O) groups excluding carboxylic acids is 3. The molecule has 2 saturated carbocycles. The summed E-state index contributed by atoms with van der Waals surface area (Å²) < 4.78 is 0. The highest BCUT2D eigenvalue weighted by Gasteiger charge is 2.52. The van der Waals surface area contributed by atoms with Crippen LogP contribution in [0.3, 0.4) is 0 Å². The largest absolute Gasteiger partial charge is 0.325 e. The fourth-order valence-corrected chi connectivity index (χ4v) is 5.82. The van der Waals surface area contributed by atoms with Gasteiger partial charge in [0, 0.05) is 15.8 Å². The van der Waals surface area contributed by atoms with Crippen LogP contribution in [0.1, 0.15) is 58.3 Å². The number of hydrogen-bond donors (Lipinski definition) is 2. The quantitative estimate of drug-likeness (QED) is 0.708. The minimum atomic E-state index is -0.803. The average molecular weight is 416 g/mol. The van der Waals surface area contributed by atoms with Crippen LogP contribution < -0.4 is 10.6 Å². The zero-order chi connectivity index (χ0) is 20.4. The van der Waals surface area contributed by atoms with Gasteiger partial charge in [-0.3, -0.25) is 14.5 Å². The van der Waals surface area contributed by atoms with Crippen LogP contribution >= 0.6 is 11.8 Å². The monoisotopic (exact) mass is 415 g/mol. The van der Waals surface area contributed by atoms with E-state index in [0.29, 0.717) is 29.7 Å². The van der Waals surface area contributed by atoms with Gasteiger partial charge in [0.15, 0.2) is 0 Å². The molecule has 4 amide bonds. The molecule has 0 bridgehead atoms. The SMILES string of the molecule is CC1CCC2(CC1)NC(=O)N(CC(=O)Nc1ccc(SC3CCCC3)cc1)C2=O. The minimum absolute atomic E-state index is 0.249. The minimum Gasteiger partial charge on any atom is -0.325 e. The van der Waals surface area contributed by atoms with Gasteiger partial charge < -0.3 is 10.6 Å². The lowest BCUT2D eigenvalue weighted by molar-refractivity contribution is -0.135. The molecule has 4 rings (SSSR count). The molecular formula is C22H29N3O3S. The van der Waals surface area contributed by atoms with Crippen LogP contribution in [0, 0.1) is 5.92 Å². The highest BCUT2D eigenvalue weighted by Crippen LogP contribution is 2.37. The van der Waals surface area contributed by atoms with Gasteiger partial charge in [-0.1, -0.05) is 19.8 Å². The first-order valence-electron chi connectivity index (χ1n) is 10.7. The molecule has 2 aliphatic carbocycles. The number of imide groups is 1. The Kier molecular flexibility index (Phi) is 5.86. The number of nitrogens with one attached hydrogen (secondary N) is 2. The van der Waals surface area contributed by atoms with Gasteiger partial charge in [0.1, 0.15) is 12.1 Å². The maximum absolute atomic E-state index is 12.9. The van der Waals surface area contributed by atoms with Crippen molar-refractivity contribution in [3.05, 3.63) is 24.3 Å². The van der Waals surface area contributed by atoms with Crippen LogP contribution in [-0.4, -0.2) is 40.1 Å². The summed E-state index contributed by atoms with van der Waals surface area (Å²) in [5, 5.41) is 6.36. The smallest absolute Gasteiger partial charge is 0.325 e.